The fourth-order valence-electron chi connectivity index (χ4n) is 2.02. The Balaban J connectivity index is 2.33. The summed E-state index contributed by atoms with van der Waals surface area (Å²) in [5, 5.41) is 18.2. The molecule has 1 atom stereocenters. The maximum absolute atomic E-state index is 9.21. The second-order valence-electron chi connectivity index (χ2n) is 3.66. The molecular formula is C11H13N3O. The summed E-state index contributed by atoms with van der Waals surface area (Å²) >= 11 is 0. The molecule has 15 heavy (non-hydrogen) atoms. The Morgan fingerprint density at radius 1 is 1.67 bits per heavy atom. The zero-order chi connectivity index (χ0) is 10.7. The van der Waals surface area contributed by atoms with Gasteiger partial charge in [-0.1, -0.05) is 0 Å². The second kappa shape index (κ2) is 4.28. The van der Waals surface area contributed by atoms with Gasteiger partial charge in [0.05, 0.1) is 18.2 Å². The molecule has 78 valence electrons. The molecule has 0 saturated carbocycles. The lowest BCUT2D eigenvalue weighted by Crippen LogP contribution is -2.33. The van der Waals surface area contributed by atoms with Crippen molar-refractivity contribution in [1.82, 2.24) is 4.98 Å². The number of hydrogen-bond donors (Lipinski definition) is 1. The van der Waals surface area contributed by atoms with Gasteiger partial charge in [-0.3, -0.25) is 0 Å². The zero-order valence-electron chi connectivity index (χ0n) is 8.43. The Bertz CT molecular complexity index is 386. The Morgan fingerprint density at radius 2 is 2.53 bits per heavy atom. The second-order valence-corrected chi connectivity index (χ2v) is 3.66. The number of aliphatic hydroxyl groups excluding tert-OH is 1. The van der Waals surface area contributed by atoms with Crippen molar-refractivity contribution in [2.45, 2.75) is 18.9 Å². The highest BCUT2D eigenvalue weighted by molar-refractivity contribution is 5.54. The number of hydrogen-bond acceptors (Lipinski definition) is 4. The van der Waals surface area contributed by atoms with Crippen molar-refractivity contribution in [1.29, 1.82) is 5.26 Å². The first-order chi connectivity index (χ1) is 7.36. The molecule has 0 unspecified atom stereocenters. The number of rotatable bonds is 2. The molecule has 2 heterocycles. The van der Waals surface area contributed by atoms with Crippen LogP contribution in [0.1, 0.15) is 18.4 Å². The Morgan fingerprint density at radius 3 is 3.27 bits per heavy atom. The van der Waals surface area contributed by atoms with Gasteiger partial charge in [0.1, 0.15) is 11.9 Å². The minimum Gasteiger partial charge on any atom is -0.394 e. The van der Waals surface area contributed by atoms with Gasteiger partial charge >= 0.3 is 0 Å². The van der Waals surface area contributed by atoms with Gasteiger partial charge in [-0.15, -0.1) is 0 Å². The zero-order valence-corrected chi connectivity index (χ0v) is 8.43. The molecule has 1 aromatic heterocycles. The minimum atomic E-state index is 0.118. The molecule has 1 aromatic rings. The van der Waals surface area contributed by atoms with Crippen LogP contribution in [0.4, 0.5) is 5.82 Å². The quantitative estimate of drug-likeness (QED) is 0.776. The number of pyridine rings is 1. The predicted octanol–water partition coefficient (Wildman–Crippen LogP) is 0.914. The molecule has 0 radical (unpaired) electrons. The van der Waals surface area contributed by atoms with Crippen molar-refractivity contribution in [2.75, 3.05) is 18.1 Å². The van der Waals surface area contributed by atoms with Crippen LogP contribution in [-0.4, -0.2) is 29.3 Å². The van der Waals surface area contributed by atoms with E-state index >= 15 is 0 Å². The number of aliphatic hydroxyl groups is 1. The third-order valence-corrected chi connectivity index (χ3v) is 2.77. The predicted molar refractivity (Wildman–Crippen MR) is 56.4 cm³/mol. The summed E-state index contributed by atoms with van der Waals surface area (Å²) in [6.07, 6.45) is 3.70. The molecule has 1 aliphatic heterocycles. The lowest BCUT2D eigenvalue weighted by molar-refractivity contribution is 0.266. The normalized spacial score (nSPS) is 20.3. The summed E-state index contributed by atoms with van der Waals surface area (Å²) in [4.78, 5) is 6.25. The number of anilines is 1. The molecular weight excluding hydrogens is 190 g/mol. The van der Waals surface area contributed by atoms with E-state index in [0.29, 0.717) is 11.4 Å². The summed E-state index contributed by atoms with van der Waals surface area (Å²) in [7, 11) is 0. The van der Waals surface area contributed by atoms with Crippen LogP contribution in [-0.2, 0) is 0 Å². The highest BCUT2D eigenvalue weighted by Crippen LogP contribution is 2.25. The summed E-state index contributed by atoms with van der Waals surface area (Å²) in [5.41, 5.74) is 0.581. The van der Waals surface area contributed by atoms with Crippen molar-refractivity contribution in [3.8, 4) is 6.07 Å². The summed E-state index contributed by atoms with van der Waals surface area (Å²) in [6.45, 7) is 0.998. The molecule has 2 rings (SSSR count). The van der Waals surface area contributed by atoms with E-state index in [1.807, 2.05) is 4.90 Å². The molecule has 0 bridgehead atoms. The lowest BCUT2D eigenvalue weighted by atomic mass is 10.2. The smallest absolute Gasteiger partial charge is 0.146 e. The van der Waals surface area contributed by atoms with Crippen LogP contribution >= 0.6 is 0 Å². The SMILES string of the molecule is N#Cc1cccnc1N1CCC[C@H]1CO. The van der Waals surface area contributed by atoms with Crippen molar-refractivity contribution in [3.63, 3.8) is 0 Å². The highest BCUT2D eigenvalue weighted by Gasteiger charge is 2.26. The number of nitrogens with zero attached hydrogens (tertiary/aromatic N) is 3. The van der Waals surface area contributed by atoms with Gasteiger partial charge in [-0.2, -0.15) is 5.26 Å². The average Bonchev–Trinajstić information content (AvgIpc) is 2.76. The van der Waals surface area contributed by atoms with E-state index in [0.717, 1.165) is 19.4 Å². The van der Waals surface area contributed by atoms with Gasteiger partial charge < -0.3 is 10.0 Å². The van der Waals surface area contributed by atoms with Crippen molar-refractivity contribution in [2.24, 2.45) is 0 Å². The molecule has 1 N–H and O–H groups in total. The Hall–Kier alpha value is -1.60. The van der Waals surface area contributed by atoms with Crippen LogP contribution in [0.3, 0.4) is 0 Å². The summed E-state index contributed by atoms with van der Waals surface area (Å²) in [6, 6.07) is 5.76. The number of aromatic nitrogens is 1. The van der Waals surface area contributed by atoms with E-state index in [1.54, 1.807) is 18.3 Å². The van der Waals surface area contributed by atoms with Gasteiger partial charge in [0.2, 0.25) is 0 Å². The molecule has 4 heteroatoms. The van der Waals surface area contributed by atoms with E-state index < -0.39 is 0 Å². The minimum absolute atomic E-state index is 0.118. The fraction of sp³-hybridized carbons (Fsp3) is 0.455. The van der Waals surface area contributed by atoms with Crippen molar-refractivity contribution < 1.29 is 5.11 Å². The topological polar surface area (TPSA) is 60.2 Å². The maximum atomic E-state index is 9.21. The van der Waals surface area contributed by atoms with E-state index in [4.69, 9.17) is 5.26 Å². The van der Waals surface area contributed by atoms with Crippen LogP contribution < -0.4 is 4.90 Å². The molecule has 1 fully saturated rings. The summed E-state index contributed by atoms with van der Waals surface area (Å²) in [5.74, 6) is 0.705. The van der Waals surface area contributed by atoms with E-state index in [1.165, 1.54) is 0 Å². The fourth-order valence-corrected chi connectivity index (χ4v) is 2.02. The molecule has 1 saturated heterocycles. The molecule has 0 aromatic carbocycles. The van der Waals surface area contributed by atoms with Crippen LogP contribution in [0.15, 0.2) is 18.3 Å². The molecule has 0 amide bonds. The largest absolute Gasteiger partial charge is 0.394 e. The van der Waals surface area contributed by atoms with Crippen LogP contribution in [0.25, 0.3) is 0 Å². The van der Waals surface area contributed by atoms with Crippen LogP contribution in [0.5, 0.6) is 0 Å². The van der Waals surface area contributed by atoms with Crippen molar-refractivity contribution in [3.05, 3.63) is 23.9 Å². The Labute approximate surface area is 88.8 Å². The molecule has 0 aliphatic carbocycles. The monoisotopic (exact) mass is 203 g/mol. The third kappa shape index (κ3) is 1.79. The number of nitriles is 1. The van der Waals surface area contributed by atoms with Gasteiger partial charge in [0.15, 0.2) is 0 Å². The summed E-state index contributed by atoms with van der Waals surface area (Å²) < 4.78 is 0. The first kappa shape index (κ1) is 9.94. The molecule has 1 aliphatic rings. The molecule has 0 spiro atoms. The van der Waals surface area contributed by atoms with Crippen LogP contribution in [0.2, 0.25) is 0 Å². The van der Waals surface area contributed by atoms with Gasteiger partial charge in [0, 0.05) is 12.7 Å². The highest BCUT2D eigenvalue weighted by atomic mass is 16.3. The average molecular weight is 203 g/mol. The Kier molecular flexibility index (Phi) is 2.84. The van der Waals surface area contributed by atoms with E-state index in [-0.39, 0.29) is 12.6 Å². The van der Waals surface area contributed by atoms with Crippen LogP contribution in [0, 0.1) is 11.3 Å². The maximum Gasteiger partial charge on any atom is 0.146 e. The first-order valence-electron chi connectivity index (χ1n) is 5.09. The standard InChI is InChI=1S/C11H13N3O/c12-7-9-3-1-5-13-11(9)14-6-2-4-10(14)8-15/h1,3,5,10,15H,2,4,6,8H2/t10-/m0/s1. The van der Waals surface area contributed by atoms with E-state index in [2.05, 4.69) is 11.1 Å². The molecule has 4 nitrogen and oxygen atoms in total. The van der Waals surface area contributed by atoms with Gasteiger partial charge in [-0.25, -0.2) is 4.98 Å². The van der Waals surface area contributed by atoms with E-state index in [9.17, 15) is 5.11 Å². The third-order valence-electron chi connectivity index (χ3n) is 2.77. The van der Waals surface area contributed by atoms with Gasteiger partial charge in [-0.05, 0) is 25.0 Å². The lowest BCUT2D eigenvalue weighted by Gasteiger charge is -2.24. The first-order valence-corrected chi connectivity index (χ1v) is 5.09. The van der Waals surface area contributed by atoms with Crippen molar-refractivity contribution >= 4 is 5.82 Å². The van der Waals surface area contributed by atoms with Gasteiger partial charge in [0.25, 0.3) is 0 Å².